The van der Waals surface area contributed by atoms with Crippen LogP contribution in [0.2, 0.25) is 0 Å². The van der Waals surface area contributed by atoms with Crippen LogP contribution in [-0.4, -0.2) is 16.3 Å². The minimum Gasteiger partial charge on any atom is -0.330 e. The summed E-state index contributed by atoms with van der Waals surface area (Å²) in [7, 11) is 1.95. The van der Waals surface area contributed by atoms with E-state index in [-0.39, 0.29) is 0 Å². The van der Waals surface area contributed by atoms with Crippen LogP contribution < -0.4 is 5.73 Å². The molecule has 0 bridgehead atoms. The molecule has 1 fully saturated rings. The molecule has 0 unspecified atom stereocenters. The molecule has 0 amide bonds. The van der Waals surface area contributed by atoms with Gasteiger partial charge >= 0.3 is 0 Å². The lowest BCUT2D eigenvalue weighted by molar-refractivity contribution is 0.558. The second-order valence-corrected chi connectivity index (χ2v) is 4.59. The second kappa shape index (κ2) is 2.58. The Kier molecular flexibility index (Phi) is 1.74. The predicted octanol–water partition coefficient (Wildman–Crippen LogP) is 1.12. The largest absolute Gasteiger partial charge is 0.330 e. The molecule has 0 radical (unpaired) electrons. The molecule has 1 saturated carbocycles. The number of aryl methyl sites for hydroxylation is 1. The summed E-state index contributed by atoms with van der Waals surface area (Å²) < 4.78 is 1.86. The van der Waals surface area contributed by atoms with E-state index in [1.807, 2.05) is 17.9 Å². The summed E-state index contributed by atoms with van der Waals surface area (Å²) in [6.45, 7) is 5.34. The molecule has 72 valence electrons. The van der Waals surface area contributed by atoms with E-state index in [0.29, 0.717) is 17.3 Å². The fraction of sp³-hybridized carbons (Fsp3) is 0.700. The summed E-state index contributed by atoms with van der Waals surface area (Å²) in [6.07, 6.45) is 4.06. The van der Waals surface area contributed by atoms with Crippen LogP contribution in [0, 0.1) is 11.3 Å². The van der Waals surface area contributed by atoms with E-state index in [9.17, 15) is 0 Å². The van der Waals surface area contributed by atoms with Crippen molar-refractivity contribution in [1.82, 2.24) is 9.78 Å². The van der Waals surface area contributed by atoms with Crippen LogP contribution in [0.4, 0.5) is 0 Å². The van der Waals surface area contributed by atoms with E-state index in [2.05, 4.69) is 25.1 Å². The van der Waals surface area contributed by atoms with Gasteiger partial charge in [-0.25, -0.2) is 0 Å². The van der Waals surface area contributed by atoms with Crippen molar-refractivity contribution in [2.75, 3.05) is 6.54 Å². The molecule has 3 heteroatoms. The molecule has 3 nitrogen and oxygen atoms in total. The molecule has 2 N–H and O–H groups in total. The summed E-state index contributed by atoms with van der Waals surface area (Å²) in [4.78, 5) is 0. The molecular formula is C10H17N3. The zero-order chi connectivity index (χ0) is 9.64. The quantitative estimate of drug-likeness (QED) is 0.739. The van der Waals surface area contributed by atoms with Crippen LogP contribution in [0.3, 0.4) is 0 Å². The van der Waals surface area contributed by atoms with Crippen molar-refractivity contribution in [3.05, 3.63) is 18.0 Å². The van der Waals surface area contributed by atoms with E-state index < -0.39 is 0 Å². The topological polar surface area (TPSA) is 43.8 Å². The van der Waals surface area contributed by atoms with Gasteiger partial charge in [-0.2, -0.15) is 5.10 Å². The van der Waals surface area contributed by atoms with Crippen LogP contribution in [0.1, 0.15) is 25.3 Å². The highest BCUT2D eigenvalue weighted by Gasteiger charge is 2.57. The Morgan fingerprint density at radius 1 is 1.62 bits per heavy atom. The number of nitrogens with zero attached hydrogens (tertiary/aromatic N) is 2. The van der Waals surface area contributed by atoms with Crippen molar-refractivity contribution < 1.29 is 0 Å². The third-order valence-electron chi connectivity index (χ3n) is 3.39. The van der Waals surface area contributed by atoms with Crippen molar-refractivity contribution in [1.29, 1.82) is 0 Å². The standard InChI is InChI=1S/C10H17N3/c1-10(2)8(4-11)9(10)7-5-12-13(3)6-7/h5-6,8-9H,4,11H2,1-3H3/t8-,9-/m0/s1. The Hall–Kier alpha value is -0.830. The molecule has 1 aromatic rings. The molecule has 0 aromatic carbocycles. The smallest absolute Gasteiger partial charge is 0.0524 e. The first-order valence-corrected chi connectivity index (χ1v) is 4.76. The van der Waals surface area contributed by atoms with Crippen molar-refractivity contribution in [3.63, 3.8) is 0 Å². The van der Waals surface area contributed by atoms with Gasteiger partial charge in [-0.3, -0.25) is 4.68 Å². The van der Waals surface area contributed by atoms with Gasteiger partial charge in [0, 0.05) is 13.2 Å². The lowest BCUT2D eigenvalue weighted by Crippen LogP contribution is -2.05. The fourth-order valence-corrected chi connectivity index (χ4v) is 2.45. The lowest BCUT2D eigenvalue weighted by Gasteiger charge is -1.98. The summed E-state index contributed by atoms with van der Waals surface area (Å²) in [6, 6.07) is 0. The van der Waals surface area contributed by atoms with Crippen LogP contribution in [-0.2, 0) is 7.05 Å². The van der Waals surface area contributed by atoms with Crippen molar-refractivity contribution in [3.8, 4) is 0 Å². The molecule has 1 aliphatic carbocycles. The summed E-state index contributed by atoms with van der Waals surface area (Å²) in [5.74, 6) is 1.25. The average molecular weight is 179 g/mol. The van der Waals surface area contributed by atoms with Crippen LogP contribution in [0.25, 0.3) is 0 Å². The number of rotatable bonds is 2. The Morgan fingerprint density at radius 3 is 2.69 bits per heavy atom. The third kappa shape index (κ3) is 1.18. The molecule has 0 saturated heterocycles. The normalized spacial score (nSPS) is 30.5. The summed E-state index contributed by atoms with van der Waals surface area (Å²) in [5, 5.41) is 4.19. The minimum atomic E-state index is 0.373. The minimum absolute atomic E-state index is 0.373. The van der Waals surface area contributed by atoms with Gasteiger partial charge in [0.2, 0.25) is 0 Å². The van der Waals surface area contributed by atoms with Gasteiger partial charge in [-0.15, -0.1) is 0 Å². The number of aromatic nitrogens is 2. The highest BCUT2D eigenvalue weighted by atomic mass is 15.2. The molecule has 13 heavy (non-hydrogen) atoms. The Bertz CT molecular complexity index is 314. The monoisotopic (exact) mass is 179 g/mol. The number of nitrogens with two attached hydrogens (primary N) is 1. The summed E-state index contributed by atoms with van der Waals surface area (Å²) >= 11 is 0. The van der Waals surface area contributed by atoms with Gasteiger partial charge in [0.15, 0.2) is 0 Å². The van der Waals surface area contributed by atoms with E-state index in [0.717, 1.165) is 6.54 Å². The SMILES string of the molecule is Cn1cc([C@H]2[C@H](CN)C2(C)C)cn1. The van der Waals surface area contributed by atoms with Crippen molar-refractivity contribution in [2.24, 2.45) is 24.1 Å². The van der Waals surface area contributed by atoms with Gasteiger partial charge in [-0.05, 0) is 29.4 Å². The first-order chi connectivity index (χ1) is 6.07. The second-order valence-electron chi connectivity index (χ2n) is 4.59. The molecule has 0 spiro atoms. The van der Waals surface area contributed by atoms with E-state index in [4.69, 9.17) is 5.73 Å². The maximum absolute atomic E-state index is 5.72. The summed E-state index contributed by atoms with van der Waals surface area (Å²) in [5.41, 5.74) is 7.43. The zero-order valence-corrected chi connectivity index (χ0v) is 8.49. The predicted molar refractivity (Wildman–Crippen MR) is 52.3 cm³/mol. The first kappa shape index (κ1) is 8.75. The van der Waals surface area contributed by atoms with E-state index in [1.165, 1.54) is 5.56 Å². The molecule has 0 aliphatic heterocycles. The Morgan fingerprint density at radius 2 is 2.31 bits per heavy atom. The Labute approximate surface area is 78.9 Å². The molecule has 1 aromatic heterocycles. The van der Waals surface area contributed by atoms with Crippen molar-refractivity contribution in [2.45, 2.75) is 19.8 Å². The third-order valence-corrected chi connectivity index (χ3v) is 3.39. The fourth-order valence-electron chi connectivity index (χ4n) is 2.45. The zero-order valence-electron chi connectivity index (χ0n) is 8.49. The highest BCUT2D eigenvalue weighted by Crippen LogP contribution is 2.63. The molecule has 1 aliphatic rings. The van der Waals surface area contributed by atoms with Crippen molar-refractivity contribution >= 4 is 0 Å². The van der Waals surface area contributed by atoms with Crippen LogP contribution >= 0.6 is 0 Å². The molecule has 1 heterocycles. The maximum Gasteiger partial charge on any atom is 0.0524 e. The lowest BCUT2D eigenvalue weighted by atomic mass is 10.1. The average Bonchev–Trinajstić information content (AvgIpc) is 2.41. The van der Waals surface area contributed by atoms with E-state index in [1.54, 1.807) is 0 Å². The van der Waals surface area contributed by atoms with Crippen LogP contribution in [0.15, 0.2) is 12.4 Å². The van der Waals surface area contributed by atoms with Gasteiger partial charge in [-0.1, -0.05) is 13.8 Å². The maximum atomic E-state index is 5.72. The van der Waals surface area contributed by atoms with Gasteiger partial charge in [0.1, 0.15) is 0 Å². The van der Waals surface area contributed by atoms with Crippen LogP contribution in [0.5, 0.6) is 0 Å². The molecule has 2 atom stereocenters. The molecular weight excluding hydrogens is 162 g/mol. The first-order valence-electron chi connectivity index (χ1n) is 4.76. The molecule has 2 rings (SSSR count). The van der Waals surface area contributed by atoms with E-state index >= 15 is 0 Å². The van der Waals surface area contributed by atoms with Gasteiger partial charge in [0.05, 0.1) is 6.20 Å². The van der Waals surface area contributed by atoms with Gasteiger partial charge < -0.3 is 5.73 Å². The Balaban J connectivity index is 2.21. The number of hydrogen-bond donors (Lipinski definition) is 1. The highest BCUT2D eigenvalue weighted by molar-refractivity contribution is 5.28. The van der Waals surface area contributed by atoms with Gasteiger partial charge in [0.25, 0.3) is 0 Å². The number of hydrogen-bond acceptors (Lipinski definition) is 2.